The highest BCUT2D eigenvalue weighted by Gasteiger charge is 2.22. The Bertz CT molecular complexity index is 421. The maximum atomic E-state index is 5.86. The van der Waals surface area contributed by atoms with Crippen molar-refractivity contribution in [3.63, 3.8) is 0 Å². The third-order valence-electron chi connectivity index (χ3n) is 4.21. The molecule has 2 rings (SSSR count). The number of benzene rings is 1. The van der Waals surface area contributed by atoms with Crippen molar-refractivity contribution in [2.45, 2.75) is 52.1 Å². The molecule has 0 bridgehead atoms. The van der Waals surface area contributed by atoms with Crippen molar-refractivity contribution in [2.24, 2.45) is 5.92 Å². The first kappa shape index (κ1) is 14.9. The lowest BCUT2D eigenvalue weighted by Gasteiger charge is -2.27. The molecular formula is C16H24BrNO. The van der Waals surface area contributed by atoms with Gasteiger partial charge in [0, 0.05) is 22.1 Å². The van der Waals surface area contributed by atoms with Gasteiger partial charge in [-0.25, -0.2) is 0 Å². The number of ether oxygens (including phenoxy) is 1. The van der Waals surface area contributed by atoms with Crippen LogP contribution in [-0.2, 0) is 0 Å². The molecule has 0 saturated carbocycles. The highest BCUT2D eigenvalue weighted by Crippen LogP contribution is 2.34. The van der Waals surface area contributed by atoms with Crippen LogP contribution in [0.3, 0.4) is 0 Å². The number of halogens is 1. The fourth-order valence-electron chi connectivity index (χ4n) is 2.55. The minimum atomic E-state index is 0.412. The summed E-state index contributed by atoms with van der Waals surface area (Å²) in [6.07, 6.45) is 3.47. The van der Waals surface area contributed by atoms with E-state index in [-0.39, 0.29) is 0 Å². The zero-order chi connectivity index (χ0) is 13.8. The van der Waals surface area contributed by atoms with Gasteiger partial charge in [-0.1, -0.05) is 42.3 Å². The van der Waals surface area contributed by atoms with Crippen LogP contribution in [0, 0.1) is 5.92 Å². The van der Waals surface area contributed by atoms with Gasteiger partial charge in [-0.2, -0.15) is 0 Å². The van der Waals surface area contributed by atoms with E-state index in [4.69, 9.17) is 4.74 Å². The molecule has 3 heteroatoms. The first-order valence-electron chi connectivity index (χ1n) is 7.30. The summed E-state index contributed by atoms with van der Waals surface area (Å²) < 4.78 is 6.94. The normalized spacial score (nSPS) is 22.0. The SMILES string of the molecule is CCC(C)C(C)NC1CCCOc2cc(Br)ccc21. The van der Waals surface area contributed by atoms with Crippen LogP contribution in [-0.4, -0.2) is 12.6 Å². The molecule has 0 aromatic heterocycles. The second-order valence-corrected chi connectivity index (χ2v) is 6.48. The summed E-state index contributed by atoms with van der Waals surface area (Å²) in [5.41, 5.74) is 1.30. The summed E-state index contributed by atoms with van der Waals surface area (Å²) in [6, 6.07) is 7.32. The molecule has 1 aliphatic heterocycles. The van der Waals surface area contributed by atoms with E-state index >= 15 is 0 Å². The highest BCUT2D eigenvalue weighted by atomic mass is 79.9. The van der Waals surface area contributed by atoms with Gasteiger partial charge < -0.3 is 10.1 Å². The summed E-state index contributed by atoms with van der Waals surface area (Å²) in [7, 11) is 0. The van der Waals surface area contributed by atoms with E-state index in [9.17, 15) is 0 Å². The van der Waals surface area contributed by atoms with Crippen molar-refractivity contribution >= 4 is 15.9 Å². The monoisotopic (exact) mass is 325 g/mol. The molecule has 1 aromatic carbocycles. The molecule has 0 spiro atoms. The van der Waals surface area contributed by atoms with Crippen molar-refractivity contribution < 1.29 is 4.74 Å². The smallest absolute Gasteiger partial charge is 0.125 e. The summed E-state index contributed by atoms with van der Waals surface area (Å²) in [4.78, 5) is 0. The Morgan fingerprint density at radius 3 is 2.95 bits per heavy atom. The number of nitrogens with one attached hydrogen (secondary N) is 1. The van der Waals surface area contributed by atoms with Crippen LogP contribution < -0.4 is 10.1 Å². The van der Waals surface area contributed by atoms with Crippen LogP contribution in [0.2, 0.25) is 0 Å². The Morgan fingerprint density at radius 2 is 2.21 bits per heavy atom. The van der Waals surface area contributed by atoms with Gasteiger partial charge in [0.05, 0.1) is 6.61 Å². The Morgan fingerprint density at radius 1 is 1.42 bits per heavy atom. The number of hydrogen-bond donors (Lipinski definition) is 1. The van der Waals surface area contributed by atoms with Crippen molar-refractivity contribution in [1.82, 2.24) is 5.32 Å². The molecule has 3 unspecified atom stereocenters. The number of fused-ring (bicyclic) bond motifs is 1. The average Bonchev–Trinajstić information content (AvgIpc) is 2.59. The van der Waals surface area contributed by atoms with Gasteiger partial charge in [0.1, 0.15) is 5.75 Å². The van der Waals surface area contributed by atoms with Crippen LogP contribution in [0.1, 0.15) is 51.6 Å². The van der Waals surface area contributed by atoms with E-state index in [0.29, 0.717) is 18.0 Å². The Kier molecular flexibility index (Phi) is 5.28. The fraction of sp³-hybridized carbons (Fsp3) is 0.625. The van der Waals surface area contributed by atoms with Crippen LogP contribution in [0.15, 0.2) is 22.7 Å². The van der Waals surface area contributed by atoms with E-state index in [1.54, 1.807) is 0 Å². The van der Waals surface area contributed by atoms with Gasteiger partial charge in [-0.3, -0.25) is 0 Å². The average molecular weight is 326 g/mol. The molecule has 1 aromatic rings. The molecule has 0 saturated heterocycles. The molecule has 2 nitrogen and oxygen atoms in total. The molecule has 0 radical (unpaired) electrons. The van der Waals surface area contributed by atoms with Crippen LogP contribution in [0.4, 0.5) is 0 Å². The third-order valence-corrected chi connectivity index (χ3v) is 4.70. The molecule has 1 aliphatic rings. The van der Waals surface area contributed by atoms with E-state index in [0.717, 1.165) is 29.7 Å². The predicted octanol–water partition coefficient (Wildman–Crippen LogP) is 4.69. The standard InChI is InChI=1S/C16H24BrNO/c1-4-11(2)12(3)18-15-6-5-9-19-16-10-13(17)7-8-14(15)16/h7-8,10-12,15,18H,4-6,9H2,1-3H3. The van der Waals surface area contributed by atoms with Crippen molar-refractivity contribution in [3.8, 4) is 5.75 Å². The van der Waals surface area contributed by atoms with Gasteiger partial charge in [-0.15, -0.1) is 0 Å². The molecule has 0 aliphatic carbocycles. The predicted molar refractivity (Wildman–Crippen MR) is 83.7 cm³/mol. The lowest BCUT2D eigenvalue weighted by molar-refractivity contribution is 0.310. The molecule has 106 valence electrons. The van der Waals surface area contributed by atoms with E-state index in [2.05, 4.69) is 60.2 Å². The van der Waals surface area contributed by atoms with Crippen molar-refractivity contribution in [1.29, 1.82) is 0 Å². The van der Waals surface area contributed by atoms with Gasteiger partial charge in [0.25, 0.3) is 0 Å². The zero-order valence-corrected chi connectivity index (χ0v) is 13.7. The lowest BCUT2D eigenvalue weighted by Crippen LogP contribution is -2.35. The molecular weight excluding hydrogens is 302 g/mol. The van der Waals surface area contributed by atoms with E-state index < -0.39 is 0 Å². The molecule has 1 heterocycles. The molecule has 0 amide bonds. The Hall–Kier alpha value is -0.540. The maximum Gasteiger partial charge on any atom is 0.125 e. The van der Waals surface area contributed by atoms with Crippen molar-refractivity contribution in [2.75, 3.05) is 6.61 Å². The van der Waals surface area contributed by atoms with Crippen molar-refractivity contribution in [3.05, 3.63) is 28.2 Å². The van der Waals surface area contributed by atoms with Gasteiger partial charge in [-0.05, 0) is 37.8 Å². The minimum absolute atomic E-state index is 0.412. The van der Waals surface area contributed by atoms with E-state index in [1.165, 1.54) is 12.0 Å². The number of hydrogen-bond acceptors (Lipinski definition) is 2. The van der Waals surface area contributed by atoms with Gasteiger partial charge in [0.2, 0.25) is 0 Å². The molecule has 3 atom stereocenters. The molecule has 0 fully saturated rings. The maximum absolute atomic E-state index is 5.86. The fourth-order valence-corrected chi connectivity index (χ4v) is 2.89. The summed E-state index contributed by atoms with van der Waals surface area (Å²) in [5.74, 6) is 1.73. The highest BCUT2D eigenvalue weighted by molar-refractivity contribution is 9.10. The quantitative estimate of drug-likeness (QED) is 0.867. The van der Waals surface area contributed by atoms with Crippen LogP contribution >= 0.6 is 15.9 Å². The second kappa shape index (κ2) is 6.76. The minimum Gasteiger partial charge on any atom is -0.493 e. The largest absolute Gasteiger partial charge is 0.493 e. The summed E-state index contributed by atoms with van der Waals surface area (Å²) in [6.45, 7) is 7.68. The topological polar surface area (TPSA) is 21.3 Å². The Labute approximate surface area is 125 Å². The van der Waals surface area contributed by atoms with Crippen LogP contribution in [0.25, 0.3) is 0 Å². The zero-order valence-electron chi connectivity index (χ0n) is 12.1. The lowest BCUT2D eigenvalue weighted by atomic mass is 9.96. The number of rotatable bonds is 4. The summed E-state index contributed by atoms with van der Waals surface area (Å²) >= 11 is 3.52. The first-order chi connectivity index (χ1) is 9.11. The van der Waals surface area contributed by atoms with E-state index in [1.807, 2.05) is 0 Å². The van der Waals surface area contributed by atoms with Gasteiger partial charge in [0.15, 0.2) is 0 Å². The van der Waals surface area contributed by atoms with Gasteiger partial charge >= 0.3 is 0 Å². The Balaban J connectivity index is 2.17. The third kappa shape index (κ3) is 3.73. The summed E-state index contributed by atoms with van der Waals surface area (Å²) in [5, 5.41) is 3.79. The second-order valence-electron chi connectivity index (χ2n) is 5.57. The molecule has 1 N–H and O–H groups in total. The molecule has 19 heavy (non-hydrogen) atoms. The van der Waals surface area contributed by atoms with Crippen LogP contribution in [0.5, 0.6) is 5.75 Å². The first-order valence-corrected chi connectivity index (χ1v) is 8.09.